The predicted octanol–water partition coefficient (Wildman–Crippen LogP) is 7.45. The number of nitrogens with one attached hydrogen (secondary N) is 3. The maximum Gasteiger partial charge on any atom is 0.408 e. The summed E-state index contributed by atoms with van der Waals surface area (Å²) in [6, 6.07) is 10.4. The van der Waals surface area contributed by atoms with Crippen molar-refractivity contribution in [3.05, 3.63) is 71.0 Å². The molecule has 5 heterocycles. The lowest BCUT2D eigenvalue weighted by Gasteiger charge is -2.44. The van der Waals surface area contributed by atoms with E-state index >= 15 is 0 Å². The maximum atomic E-state index is 14.9. The number of rotatable bonds is 16. The molecule has 0 radical (unpaired) electrons. The topological polar surface area (TPSA) is 175 Å². The SMILES string of the molecule is CCn1c(-c2cc(N3CCN4CCOC[C@@H]4C3)cnc2[C@H](C)OC)c(CC(C)(C)COC(C)=O)c2cc(-c3cc(C[C@H](NC(=O)OC(C)(C)C)C(=O)OC(=O)C4CCCNN4)cc(C(F)F)c3)ccc21. The van der Waals surface area contributed by atoms with Crippen LogP contribution in [0.4, 0.5) is 19.3 Å². The Hall–Kier alpha value is -5.53. The van der Waals surface area contributed by atoms with Crippen molar-refractivity contribution in [1.82, 2.24) is 30.6 Å². The third-order valence-electron chi connectivity index (χ3n) is 13.1. The predicted molar refractivity (Wildman–Crippen MR) is 261 cm³/mol. The van der Waals surface area contributed by atoms with E-state index in [4.69, 9.17) is 28.7 Å². The minimum absolute atomic E-state index is 0.147. The number of carbonyl (C=O) groups is 4. The number of carbonyl (C=O) groups excluding carboxylic acids is 4. The number of hydrogen-bond acceptors (Lipinski definition) is 14. The number of alkyl halides is 2. The van der Waals surface area contributed by atoms with Crippen molar-refractivity contribution < 1.29 is 51.6 Å². The minimum Gasteiger partial charge on any atom is -0.465 e. The lowest BCUT2D eigenvalue weighted by atomic mass is 9.84. The summed E-state index contributed by atoms with van der Waals surface area (Å²) in [7, 11) is 1.66. The Labute approximate surface area is 409 Å². The molecule has 4 atom stereocenters. The van der Waals surface area contributed by atoms with Crippen LogP contribution in [0.1, 0.15) is 103 Å². The fraction of sp³-hybridized carbons (Fsp3) is 0.558. The Morgan fingerprint density at radius 1 is 1.01 bits per heavy atom. The summed E-state index contributed by atoms with van der Waals surface area (Å²) in [6.07, 6.45) is -1.05. The molecule has 3 aliphatic heterocycles. The number of piperazine rings is 1. The number of alkyl carbamates (subject to hydrolysis) is 1. The third kappa shape index (κ3) is 12.7. The Kier molecular flexibility index (Phi) is 16.6. The van der Waals surface area contributed by atoms with Crippen molar-refractivity contribution in [2.75, 3.05) is 64.6 Å². The van der Waals surface area contributed by atoms with E-state index in [1.807, 2.05) is 45.2 Å². The average molecular weight is 974 g/mol. The molecule has 18 heteroatoms. The zero-order valence-electron chi connectivity index (χ0n) is 41.9. The van der Waals surface area contributed by atoms with Crippen LogP contribution in [-0.4, -0.2) is 122 Å². The first-order chi connectivity index (χ1) is 33.2. The number of fused-ring (bicyclic) bond motifs is 2. The van der Waals surface area contributed by atoms with Crippen LogP contribution in [0.5, 0.6) is 0 Å². The van der Waals surface area contributed by atoms with Gasteiger partial charge in [0.25, 0.3) is 6.43 Å². The lowest BCUT2D eigenvalue weighted by molar-refractivity contribution is -0.163. The monoisotopic (exact) mass is 974 g/mol. The Bertz CT molecular complexity index is 2540. The fourth-order valence-corrected chi connectivity index (χ4v) is 9.58. The number of halogens is 2. The number of methoxy groups -OCH3 is 1. The van der Waals surface area contributed by atoms with Gasteiger partial charge in [-0.2, -0.15) is 0 Å². The van der Waals surface area contributed by atoms with Gasteiger partial charge >= 0.3 is 24.0 Å². The standard InChI is InChI=1S/C52H69F2N7O9/c1-10-61-44-14-13-34(35-20-33(21-36(23-35)47(53)54)22-43(57-50(65)70-51(4,5)6)49(64)69-48(63)42-12-11-15-56-58-42)24-39(44)41(26-52(7,8)30-68-32(3)62)46(61)40-25-37(27-55-45(40)31(2)66-9)60-17-16-59-18-19-67-29-38(59)28-60/h13-14,20-21,23-25,27,31,38,42-43,47,56,58H,10-12,15-19,22,26,28-30H2,1-9H3,(H,57,65)/t31-,38-,42?,43-/m0/s1. The molecule has 7 rings (SSSR count). The van der Waals surface area contributed by atoms with Crippen LogP contribution in [0.25, 0.3) is 33.3 Å². The second kappa shape index (κ2) is 22.3. The first kappa shape index (κ1) is 52.3. The summed E-state index contributed by atoms with van der Waals surface area (Å²) in [5.74, 6) is -2.29. The van der Waals surface area contributed by atoms with Crippen LogP contribution in [-0.2, 0) is 57.5 Å². The second-order valence-electron chi connectivity index (χ2n) is 20.3. The normalized spacial score (nSPS) is 18.8. The number of pyridine rings is 1. The lowest BCUT2D eigenvalue weighted by Crippen LogP contribution is -2.58. The molecule has 0 bridgehead atoms. The molecular weight excluding hydrogens is 905 g/mol. The molecule has 2 aromatic heterocycles. The van der Waals surface area contributed by atoms with Gasteiger partial charge in [-0.3, -0.25) is 20.1 Å². The van der Waals surface area contributed by atoms with Gasteiger partial charge in [-0.15, -0.1) is 0 Å². The number of benzene rings is 2. The van der Waals surface area contributed by atoms with E-state index in [0.29, 0.717) is 50.1 Å². The molecule has 0 spiro atoms. The molecule has 380 valence electrons. The summed E-state index contributed by atoms with van der Waals surface area (Å²) in [6.45, 7) is 20.7. The number of ether oxygens (including phenoxy) is 5. The highest BCUT2D eigenvalue weighted by Gasteiger charge is 2.34. The van der Waals surface area contributed by atoms with E-state index in [0.717, 1.165) is 71.9 Å². The molecule has 1 amide bonds. The highest BCUT2D eigenvalue weighted by atomic mass is 19.3. The summed E-state index contributed by atoms with van der Waals surface area (Å²) in [5.41, 5.74) is 10.6. The van der Waals surface area contributed by atoms with Crippen molar-refractivity contribution in [3.8, 4) is 22.4 Å². The van der Waals surface area contributed by atoms with Gasteiger partial charge in [0.2, 0.25) is 0 Å². The van der Waals surface area contributed by atoms with E-state index < -0.39 is 47.6 Å². The second-order valence-corrected chi connectivity index (χ2v) is 20.3. The quantitative estimate of drug-likeness (QED) is 0.0574. The Balaban J connectivity index is 1.34. The van der Waals surface area contributed by atoms with Gasteiger partial charge in [0, 0.05) is 87.2 Å². The number of anilines is 1. The van der Waals surface area contributed by atoms with Gasteiger partial charge in [0.1, 0.15) is 17.7 Å². The van der Waals surface area contributed by atoms with Gasteiger partial charge < -0.3 is 38.5 Å². The molecule has 3 N–H and O–H groups in total. The molecule has 2 aromatic carbocycles. The number of morpholine rings is 1. The number of amides is 1. The minimum atomic E-state index is -2.89. The van der Waals surface area contributed by atoms with E-state index in [2.05, 4.69) is 43.5 Å². The molecule has 0 aliphatic carbocycles. The fourth-order valence-electron chi connectivity index (χ4n) is 9.58. The number of aromatic nitrogens is 2. The van der Waals surface area contributed by atoms with E-state index in [1.165, 1.54) is 19.1 Å². The van der Waals surface area contributed by atoms with Crippen molar-refractivity contribution in [3.63, 3.8) is 0 Å². The molecule has 1 unspecified atom stereocenters. The van der Waals surface area contributed by atoms with Crippen LogP contribution in [0, 0.1) is 5.41 Å². The van der Waals surface area contributed by atoms with Crippen molar-refractivity contribution >= 4 is 40.6 Å². The molecule has 4 aromatic rings. The van der Waals surface area contributed by atoms with Gasteiger partial charge in [-0.05, 0) is 100 Å². The summed E-state index contributed by atoms with van der Waals surface area (Å²) < 4.78 is 60.2. The molecule has 0 saturated carbocycles. The third-order valence-corrected chi connectivity index (χ3v) is 13.1. The first-order valence-electron chi connectivity index (χ1n) is 24.3. The number of nitrogens with zero attached hydrogens (tertiary/aromatic N) is 4. The zero-order valence-corrected chi connectivity index (χ0v) is 41.9. The van der Waals surface area contributed by atoms with Crippen LogP contribution >= 0.6 is 0 Å². The number of hydrazine groups is 1. The zero-order chi connectivity index (χ0) is 50.5. The van der Waals surface area contributed by atoms with Gasteiger partial charge in [0.05, 0.1) is 55.2 Å². The van der Waals surface area contributed by atoms with Crippen LogP contribution < -0.4 is 21.1 Å². The summed E-state index contributed by atoms with van der Waals surface area (Å²) in [4.78, 5) is 62.0. The van der Waals surface area contributed by atoms with Crippen LogP contribution in [0.3, 0.4) is 0 Å². The van der Waals surface area contributed by atoms with E-state index in [1.54, 1.807) is 33.9 Å². The van der Waals surface area contributed by atoms with E-state index in [-0.39, 0.29) is 42.3 Å². The van der Waals surface area contributed by atoms with Crippen molar-refractivity contribution in [1.29, 1.82) is 0 Å². The summed E-state index contributed by atoms with van der Waals surface area (Å²) >= 11 is 0. The number of aryl methyl sites for hydroxylation is 1. The van der Waals surface area contributed by atoms with E-state index in [9.17, 15) is 28.0 Å². The maximum absolute atomic E-state index is 14.9. The molecule has 3 saturated heterocycles. The molecule has 70 heavy (non-hydrogen) atoms. The van der Waals surface area contributed by atoms with Gasteiger partial charge in [-0.25, -0.2) is 28.6 Å². The molecule has 3 fully saturated rings. The van der Waals surface area contributed by atoms with Crippen molar-refractivity contribution in [2.24, 2.45) is 5.41 Å². The Morgan fingerprint density at radius 2 is 1.80 bits per heavy atom. The summed E-state index contributed by atoms with van der Waals surface area (Å²) in [5, 5.41) is 3.39. The number of hydrogen-bond donors (Lipinski definition) is 3. The van der Waals surface area contributed by atoms with Gasteiger partial charge in [-0.1, -0.05) is 32.0 Å². The molecular formula is C52H69F2N7O9. The average Bonchev–Trinajstić information content (AvgIpc) is 3.63. The smallest absolute Gasteiger partial charge is 0.408 e. The van der Waals surface area contributed by atoms with Crippen LogP contribution in [0.15, 0.2) is 48.7 Å². The molecule has 16 nitrogen and oxygen atoms in total. The molecule has 3 aliphatic rings. The first-order valence-corrected chi connectivity index (χ1v) is 24.3. The number of esters is 3. The largest absolute Gasteiger partial charge is 0.465 e. The highest BCUT2D eigenvalue weighted by Crippen LogP contribution is 2.43. The van der Waals surface area contributed by atoms with Crippen LogP contribution in [0.2, 0.25) is 0 Å². The van der Waals surface area contributed by atoms with Gasteiger partial charge in [0.15, 0.2) is 0 Å². The van der Waals surface area contributed by atoms with Crippen molar-refractivity contribution in [2.45, 2.75) is 124 Å². The Morgan fingerprint density at radius 3 is 2.49 bits per heavy atom. The highest BCUT2D eigenvalue weighted by molar-refractivity contribution is 5.96.